The van der Waals surface area contributed by atoms with Gasteiger partial charge < -0.3 is 14.6 Å². The molecule has 1 atom stereocenters. The van der Waals surface area contributed by atoms with Gasteiger partial charge in [0.25, 0.3) is 0 Å². The Balaban J connectivity index is 2.11. The second-order valence-corrected chi connectivity index (χ2v) is 4.92. The van der Waals surface area contributed by atoms with Crippen LogP contribution in [0.2, 0.25) is 0 Å². The van der Waals surface area contributed by atoms with Gasteiger partial charge in [0.1, 0.15) is 11.9 Å². The highest BCUT2D eigenvalue weighted by molar-refractivity contribution is 5.81. The van der Waals surface area contributed by atoms with E-state index in [0.717, 1.165) is 5.82 Å². The van der Waals surface area contributed by atoms with E-state index < -0.39 is 0 Å². The number of rotatable bonds is 3. The van der Waals surface area contributed by atoms with Crippen LogP contribution in [0.25, 0.3) is 0 Å². The van der Waals surface area contributed by atoms with Gasteiger partial charge in [-0.25, -0.2) is 4.98 Å². The van der Waals surface area contributed by atoms with Crippen LogP contribution in [0.1, 0.15) is 38.6 Å². The molecule has 1 aliphatic rings. The summed E-state index contributed by atoms with van der Waals surface area (Å²) in [7, 11) is 0. The number of aliphatic hydroxyl groups is 1. The van der Waals surface area contributed by atoms with Crippen LogP contribution >= 0.6 is 0 Å². The molecule has 17 heavy (non-hydrogen) atoms. The lowest BCUT2D eigenvalue weighted by molar-refractivity contribution is -0.144. The van der Waals surface area contributed by atoms with E-state index in [1.807, 2.05) is 17.7 Å². The van der Waals surface area contributed by atoms with Crippen molar-refractivity contribution in [1.29, 1.82) is 0 Å². The molecule has 0 spiro atoms. The molecule has 5 heteroatoms. The zero-order valence-electron chi connectivity index (χ0n) is 10.5. The van der Waals surface area contributed by atoms with E-state index in [1.54, 1.807) is 11.1 Å². The maximum atomic E-state index is 12.1. The molecule has 2 rings (SSSR count). The van der Waals surface area contributed by atoms with Gasteiger partial charge in [0.05, 0.1) is 6.10 Å². The molecule has 0 radical (unpaired) electrons. The molecule has 5 nitrogen and oxygen atoms in total. The lowest BCUT2D eigenvalue weighted by Crippen LogP contribution is -2.55. The predicted molar refractivity (Wildman–Crippen MR) is 63.6 cm³/mol. The normalized spacial score (nSPS) is 18.3. The average molecular weight is 237 g/mol. The van der Waals surface area contributed by atoms with Crippen molar-refractivity contribution >= 4 is 5.91 Å². The molecule has 94 valence electrons. The molecule has 2 heterocycles. The number of imidazole rings is 1. The molecular formula is C12H19N3O2. The highest BCUT2D eigenvalue weighted by Gasteiger charge is 2.32. The highest BCUT2D eigenvalue weighted by Crippen LogP contribution is 2.21. The van der Waals surface area contributed by atoms with Crippen molar-refractivity contribution in [2.24, 2.45) is 0 Å². The summed E-state index contributed by atoms with van der Waals surface area (Å²) < 4.78 is 1.91. The zero-order chi connectivity index (χ0) is 12.6. The van der Waals surface area contributed by atoms with Crippen molar-refractivity contribution in [3.05, 3.63) is 18.2 Å². The Kier molecular flexibility index (Phi) is 3.19. The second-order valence-electron chi connectivity index (χ2n) is 4.92. The van der Waals surface area contributed by atoms with E-state index in [1.165, 1.54) is 0 Å². The molecule has 0 aromatic carbocycles. The summed E-state index contributed by atoms with van der Waals surface area (Å²) in [6.45, 7) is 6.90. The summed E-state index contributed by atoms with van der Waals surface area (Å²) in [5.74, 6) is 1.27. The Hall–Kier alpha value is -1.36. The fourth-order valence-corrected chi connectivity index (χ4v) is 2.12. The minimum absolute atomic E-state index is 0.0511. The standard InChI is InChI=1S/C12H19N3O2/c1-8(2)11-13-4-5-15(11)9(3)12(17)14-6-10(16)7-14/h4-5,8-10,16H,6-7H2,1-3H3/t9-/m0/s1. The molecular weight excluding hydrogens is 218 g/mol. The number of aromatic nitrogens is 2. The van der Waals surface area contributed by atoms with E-state index in [9.17, 15) is 9.90 Å². The van der Waals surface area contributed by atoms with Gasteiger partial charge in [0, 0.05) is 31.4 Å². The van der Waals surface area contributed by atoms with Crippen LogP contribution in [0.3, 0.4) is 0 Å². The predicted octanol–water partition coefficient (Wildman–Crippen LogP) is 0.771. The van der Waals surface area contributed by atoms with Crippen LogP contribution in [0.15, 0.2) is 12.4 Å². The Bertz CT molecular complexity index is 408. The van der Waals surface area contributed by atoms with E-state index >= 15 is 0 Å². The monoisotopic (exact) mass is 237 g/mol. The summed E-state index contributed by atoms with van der Waals surface area (Å²) in [6, 6.07) is -0.248. The minimum Gasteiger partial charge on any atom is -0.389 e. The first-order chi connectivity index (χ1) is 8.00. The molecule has 1 aromatic rings. The molecule has 1 amide bonds. The van der Waals surface area contributed by atoms with Crippen LogP contribution in [-0.2, 0) is 4.79 Å². The number of nitrogens with zero attached hydrogens (tertiary/aromatic N) is 3. The molecule has 1 N–H and O–H groups in total. The third-order valence-electron chi connectivity index (χ3n) is 3.16. The van der Waals surface area contributed by atoms with Crippen molar-refractivity contribution in [2.75, 3.05) is 13.1 Å². The van der Waals surface area contributed by atoms with E-state index in [0.29, 0.717) is 19.0 Å². The number of aliphatic hydroxyl groups excluding tert-OH is 1. The van der Waals surface area contributed by atoms with Gasteiger partial charge in [-0.1, -0.05) is 13.8 Å². The average Bonchev–Trinajstić information content (AvgIpc) is 2.71. The van der Waals surface area contributed by atoms with Crippen molar-refractivity contribution in [3.63, 3.8) is 0 Å². The third kappa shape index (κ3) is 2.20. The largest absolute Gasteiger partial charge is 0.389 e. The minimum atomic E-state index is -0.349. The van der Waals surface area contributed by atoms with Crippen LogP contribution in [-0.4, -0.2) is 44.7 Å². The number of carbonyl (C=O) groups is 1. The molecule has 0 aliphatic carbocycles. The molecule has 1 saturated heterocycles. The quantitative estimate of drug-likeness (QED) is 0.844. The van der Waals surface area contributed by atoms with Gasteiger partial charge in [-0.15, -0.1) is 0 Å². The lowest BCUT2D eigenvalue weighted by Gasteiger charge is -2.37. The van der Waals surface area contributed by atoms with E-state index in [-0.39, 0.29) is 18.1 Å². The third-order valence-corrected chi connectivity index (χ3v) is 3.16. The van der Waals surface area contributed by atoms with Crippen LogP contribution < -0.4 is 0 Å². The molecule has 1 fully saturated rings. The van der Waals surface area contributed by atoms with Crippen molar-refractivity contribution < 1.29 is 9.90 Å². The van der Waals surface area contributed by atoms with Crippen LogP contribution in [0.4, 0.5) is 0 Å². The van der Waals surface area contributed by atoms with Crippen LogP contribution in [0.5, 0.6) is 0 Å². The Morgan fingerprint density at radius 2 is 2.12 bits per heavy atom. The number of likely N-dealkylation sites (tertiary alicyclic amines) is 1. The Morgan fingerprint density at radius 3 is 2.65 bits per heavy atom. The molecule has 0 bridgehead atoms. The number of hydrogen-bond donors (Lipinski definition) is 1. The topological polar surface area (TPSA) is 58.4 Å². The fourth-order valence-electron chi connectivity index (χ4n) is 2.12. The maximum absolute atomic E-state index is 12.1. The summed E-state index contributed by atoms with van der Waals surface area (Å²) in [4.78, 5) is 18.1. The van der Waals surface area contributed by atoms with Gasteiger partial charge in [0.2, 0.25) is 5.91 Å². The highest BCUT2D eigenvalue weighted by atomic mass is 16.3. The molecule has 1 aromatic heterocycles. The second kappa shape index (κ2) is 4.49. The fraction of sp³-hybridized carbons (Fsp3) is 0.667. The van der Waals surface area contributed by atoms with Gasteiger partial charge >= 0.3 is 0 Å². The Morgan fingerprint density at radius 1 is 1.47 bits per heavy atom. The summed E-state index contributed by atoms with van der Waals surface area (Å²) in [5, 5.41) is 9.21. The van der Waals surface area contributed by atoms with Crippen LogP contribution in [0, 0.1) is 0 Å². The maximum Gasteiger partial charge on any atom is 0.245 e. The summed E-state index contributed by atoms with van der Waals surface area (Å²) in [5.41, 5.74) is 0. The van der Waals surface area contributed by atoms with Gasteiger partial charge in [-0.3, -0.25) is 4.79 Å². The van der Waals surface area contributed by atoms with Crippen molar-refractivity contribution in [3.8, 4) is 0 Å². The molecule has 0 unspecified atom stereocenters. The molecule has 0 saturated carbocycles. The summed E-state index contributed by atoms with van der Waals surface area (Å²) in [6.07, 6.45) is 3.22. The van der Waals surface area contributed by atoms with Gasteiger partial charge in [-0.2, -0.15) is 0 Å². The zero-order valence-corrected chi connectivity index (χ0v) is 10.5. The smallest absolute Gasteiger partial charge is 0.245 e. The molecule has 1 aliphatic heterocycles. The van der Waals surface area contributed by atoms with Gasteiger partial charge in [-0.05, 0) is 6.92 Å². The number of carbonyl (C=O) groups excluding carboxylic acids is 1. The van der Waals surface area contributed by atoms with Gasteiger partial charge in [0.15, 0.2) is 0 Å². The number of hydrogen-bond acceptors (Lipinski definition) is 3. The number of amides is 1. The van der Waals surface area contributed by atoms with E-state index in [4.69, 9.17) is 0 Å². The lowest BCUT2D eigenvalue weighted by atomic mass is 10.1. The number of β-amino-alcohol motifs (C(OH)–C–C–N with tert-alkyl or cyclic N) is 1. The first kappa shape index (κ1) is 12.1. The first-order valence-electron chi connectivity index (χ1n) is 6.00. The van der Waals surface area contributed by atoms with E-state index in [2.05, 4.69) is 18.8 Å². The first-order valence-corrected chi connectivity index (χ1v) is 6.00. The van der Waals surface area contributed by atoms with Crippen molar-refractivity contribution in [1.82, 2.24) is 14.5 Å². The van der Waals surface area contributed by atoms with Crippen molar-refractivity contribution in [2.45, 2.75) is 38.8 Å². The SMILES string of the molecule is CC(C)c1nccn1[C@@H](C)C(=O)N1CC(O)C1. The summed E-state index contributed by atoms with van der Waals surface area (Å²) >= 11 is 0. The Labute approximate surface area is 101 Å².